The zero-order valence-electron chi connectivity index (χ0n) is 11.9. The number of aliphatic hydroxyl groups is 1. The molecule has 1 aromatic rings. The van der Waals surface area contributed by atoms with Crippen molar-refractivity contribution in [3.63, 3.8) is 0 Å². The molecule has 1 aliphatic rings. The Labute approximate surface area is 115 Å². The van der Waals surface area contributed by atoms with Crippen molar-refractivity contribution in [2.75, 3.05) is 6.16 Å². The lowest BCUT2D eigenvalue weighted by molar-refractivity contribution is 0.129. The Morgan fingerprint density at radius 3 is 2.47 bits per heavy atom. The molecule has 1 unspecified atom stereocenters. The van der Waals surface area contributed by atoms with E-state index in [1.54, 1.807) is 0 Å². The Morgan fingerprint density at radius 1 is 1.42 bits per heavy atom. The summed E-state index contributed by atoms with van der Waals surface area (Å²) >= 11 is 0. The van der Waals surface area contributed by atoms with E-state index in [4.69, 9.17) is 4.52 Å². The first-order chi connectivity index (χ1) is 8.86. The largest absolute Gasteiger partial charge is 0.390 e. The van der Waals surface area contributed by atoms with Crippen LogP contribution in [0.5, 0.6) is 0 Å². The Kier molecular flexibility index (Phi) is 4.20. The Bertz CT molecular complexity index is 472. The molecule has 0 aromatic heterocycles. The molecule has 106 valence electrons. The molecule has 0 spiro atoms. The first-order valence-electron chi connectivity index (χ1n) is 6.91. The van der Waals surface area contributed by atoms with Crippen LogP contribution in [0.4, 0.5) is 0 Å². The summed E-state index contributed by atoms with van der Waals surface area (Å²) in [5.41, 5.74) is -0.620. The molecule has 0 aliphatic heterocycles. The van der Waals surface area contributed by atoms with Gasteiger partial charge in [-0.25, -0.2) is 0 Å². The van der Waals surface area contributed by atoms with Gasteiger partial charge in [-0.15, -0.1) is 0 Å². The molecule has 3 atom stereocenters. The van der Waals surface area contributed by atoms with E-state index in [9.17, 15) is 9.67 Å². The van der Waals surface area contributed by atoms with Crippen LogP contribution in [0.3, 0.4) is 0 Å². The van der Waals surface area contributed by atoms with Crippen molar-refractivity contribution in [1.82, 2.24) is 0 Å². The smallest absolute Gasteiger partial charge is 0.232 e. The highest BCUT2D eigenvalue weighted by molar-refractivity contribution is 7.67. The van der Waals surface area contributed by atoms with Crippen LogP contribution in [0.15, 0.2) is 30.3 Å². The normalized spacial score (nSPS) is 29.2. The fourth-order valence-electron chi connectivity index (χ4n) is 2.40. The molecule has 1 fully saturated rings. The van der Waals surface area contributed by atoms with Crippen molar-refractivity contribution in [3.05, 3.63) is 30.3 Å². The average molecular weight is 282 g/mol. The Morgan fingerprint density at radius 2 is 2.00 bits per heavy atom. The first kappa shape index (κ1) is 14.8. The van der Waals surface area contributed by atoms with Crippen molar-refractivity contribution in [2.45, 2.75) is 45.3 Å². The molecule has 19 heavy (non-hydrogen) atoms. The highest BCUT2D eigenvalue weighted by Gasteiger charge is 2.50. The zero-order chi connectivity index (χ0) is 14.1. The summed E-state index contributed by atoms with van der Waals surface area (Å²) < 4.78 is 18.8. The SMILES string of the molecule is CC(C)OP(=O)(CC[C@@]1(O)C[C@@H]1C)c1ccccc1. The van der Waals surface area contributed by atoms with Gasteiger partial charge in [0.2, 0.25) is 7.37 Å². The predicted molar refractivity (Wildman–Crippen MR) is 78.1 cm³/mol. The third kappa shape index (κ3) is 3.47. The highest BCUT2D eigenvalue weighted by atomic mass is 31.2. The van der Waals surface area contributed by atoms with Gasteiger partial charge in [-0.2, -0.15) is 0 Å². The van der Waals surface area contributed by atoms with Crippen LogP contribution in [0.2, 0.25) is 0 Å². The first-order valence-corrected chi connectivity index (χ1v) is 8.72. The minimum atomic E-state index is -2.87. The second-order valence-corrected chi connectivity index (χ2v) is 8.37. The zero-order valence-corrected chi connectivity index (χ0v) is 12.8. The molecule has 0 amide bonds. The van der Waals surface area contributed by atoms with Crippen molar-refractivity contribution in [1.29, 1.82) is 0 Å². The lowest BCUT2D eigenvalue weighted by atomic mass is 10.2. The molecule has 1 aliphatic carbocycles. The summed E-state index contributed by atoms with van der Waals surface area (Å²) in [6.45, 7) is 5.81. The van der Waals surface area contributed by atoms with Gasteiger partial charge in [0.15, 0.2) is 0 Å². The summed E-state index contributed by atoms with van der Waals surface area (Å²) in [7, 11) is -2.87. The van der Waals surface area contributed by atoms with E-state index < -0.39 is 13.0 Å². The predicted octanol–water partition coefficient (Wildman–Crippen LogP) is 3.18. The number of benzene rings is 1. The minimum absolute atomic E-state index is 0.0858. The van der Waals surface area contributed by atoms with Gasteiger partial charge in [-0.05, 0) is 44.7 Å². The van der Waals surface area contributed by atoms with Gasteiger partial charge in [-0.1, -0.05) is 25.1 Å². The number of hydrogen-bond acceptors (Lipinski definition) is 3. The molecule has 0 bridgehead atoms. The van der Waals surface area contributed by atoms with E-state index in [2.05, 4.69) is 0 Å². The summed E-state index contributed by atoms with van der Waals surface area (Å²) in [5, 5.41) is 10.9. The van der Waals surface area contributed by atoms with Crippen molar-refractivity contribution in [3.8, 4) is 0 Å². The maximum Gasteiger partial charge on any atom is 0.232 e. The quantitative estimate of drug-likeness (QED) is 0.815. The standard InChI is InChI=1S/C15H23O3P/c1-12(2)18-19(17,14-7-5-4-6-8-14)10-9-15(16)11-13(15)3/h4-8,12-13,16H,9-11H2,1-3H3/t13-,15+,19?/m0/s1. The molecule has 1 aromatic carbocycles. The Hall–Kier alpha value is -0.630. The minimum Gasteiger partial charge on any atom is -0.390 e. The van der Waals surface area contributed by atoms with Gasteiger partial charge in [0.1, 0.15) is 0 Å². The van der Waals surface area contributed by atoms with E-state index in [1.807, 2.05) is 51.1 Å². The van der Waals surface area contributed by atoms with E-state index in [-0.39, 0.29) is 6.10 Å². The van der Waals surface area contributed by atoms with Crippen molar-refractivity contribution < 1.29 is 14.2 Å². The maximum atomic E-state index is 13.1. The van der Waals surface area contributed by atoms with E-state index in [0.717, 1.165) is 11.7 Å². The lowest BCUT2D eigenvalue weighted by Crippen LogP contribution is -2.19. The van der Waals surface area contributed by atoms with Gasteiger partial charge in [0.05, 0.1) is 11.7 Å². The maximum absolute atomic E-state index is 13.1. The number of hydrogen-bond donors (Lipinski definition) is 1. The lowest BCUT2D eigenvalue weighted by Gasteiger charge is -2.22. The molecular formula is C15H23O3P. The van der Waals surface area contributed by atoms with Crippen molar-refractivity contribution >= 4 is 12.7 Å². The molecule has 3 nitrogen and oxygen atoms in total. The van der Waals surface area contributed by atoms with Gasteiger partial charge >= 0.3 is 0 Å². The van der Waals surface area contributed by atoms with Crippen molar-refractivity contribution in [2.24, 2.45) is 5.92 Å². The van der Waals surface area contributed by atoms with Gasteiger partial charge in [-0.3, -0.25) is 4.57 Å². The van der Waals surface area contributed by atoms with Crippen LogP contribution in [0.25, 0.3) is 0 Å². The van der Waals surface area contributed by atoms with Crippen LogP contribution < -0.4 is 5.30 Å². The van der Waals surface area contributed by atoms with Gasteiger partial charge in [0, 0.05) is 11.5 Å². The van der Waals surface area contributed by atoms with Gasteiger partial charge in [0.25, 0.3) is 0 Å². The second kappa shape index (κ2) is 5.40. The van der Waals surface area contributed by atoms with Gasteiger partial charge < -0.3 is 9.63 Å². The molecule has 4 heteroatoms. The monoisotopic (exact) mass is 282 g/mol. The fraction of sp³-hybridized carbons (Fsp3) is 0.600. The van der Waals surface area contributed by atoms with Crippen LogP contribution in [-0.2, 0) is 9.09 Å². The molecule has 0 saturated heterocycles. The molecule has 1 saturated carbocycles. The molecule has 0 radical (unpaired) electrons. The summed E-state index contributed by atoms with van der Waals surface area (Å²) in [5.74, 6) is 0.316. The molecule has 0 heterocycles. The summed E-state index contributed by atoms with van der Waals surface area (Å²) in [6, 6.07) is 9.35. The van der Waals surface area contributed by atoms with Crippen LogP contribution in [-0.4, -0.2) is 23.0 Å². The summed E-state index contributed by atoms with van der Waals surface area (Å²) in [4.78, 5) is 0. The fourth-order valence-corrected chi connectivity index (χ4v) is 4.87. The highest BCUT2D eigenvalue weighted by Crippen LogP contribution is 2.53. The number of rotatable bonds is 6. The molecular weight excluding hydrogens is 259 g/mol. The molecule has 1 N–H and O–H groups in total. The van der Waals surface area contributed by atoms with Crippen LogP contribution in [0.1, 0.15) is 33.6 Å². The topological polar surface area (TPSA) is 46.5 Å². The third-order valence-corrected chi connectivity index (χ3v) is 6.45. The van der Waals surface area contributed by atoms with E-state index in [0.29, 0.717) is 18.5 Å². The third-order valence-electron chi connectivity index (χ3n) is 3.79. The Balaban J connectivity index is 2.13. The van der Waals surface area contributed by atoms with E-state index >= 15 is 0 Å². The van der Waals surface area contributed by atoms with Crippen LogP contribution in [0, 0.1) is 5.92 Å². The average Bonchev–Trinajstić information content (AvgIpc) is 2.96. The van der Waals surface area contributed by atoms with Crippen LogP contribution >= 0.6 is 7.37 Å². The second-order valence-electron chi connectivity index (χ2n) is 5.85. The summed E-state index contributed by atoms with van der Waals surface area (Å²) in [6.07, 6.45) is 1.68. The van der Waals surface area contributed by atoms with E-state index in [1.165, 1.54) is 0 Å². The molecule has 2 rings (SSSR count).